The van der Waals surface area contributed by atoms with Crippen molar-refractivity contribution in [2.45, 2.75) is 51.0 Å². The van der Waals surface area contributed by atoms with Gasteiger partial charge in [-0.25, -0.2) is 19.3 Å². The lowest BCUT2D eigenvalue weighted by Crippen LogP contribution is -2.21. The number of H-pyrrole nitrogens is 1. The van der Waals surface area contributed by atoms with Crippen molar-refractivity contribution in [3.8, 4) is 0 Å². The molecule has 0 saturated heterocycles. The lowest BCUT2D eigenvalue weighted by Gasteiger charge is -2.21. The highest BCUT2D eigenvalue weighted by Gasteiger charge is 2.12. The summed E-state index contributed by atoms with van der Waals surface area (Å²) in [6.07, 6.45) is 10.5. The van der Waals surface area contributed by atoms with Gasteiger partial charge in [0.05, 0.1) is 0 Å². The minimum absolute atomic E-state index is 0.250. The third-order valence-corrected chi connectivity index (χ3v) is 3.77. The molecular weight excluding hydrogens is 242 g/mol. The molecule has 0 aliphatic heterocycles. The van der Waals surface area contributed by atoms with Crippen molar-refractivity contribution in [3.63, 3.8) is 0 Å². The lowest BCUT2D eigenvalue weighted by molar-refractivity contribution is 0.470. The smallest absolute Gasteiger partial charge is 0.348 e. The van der Waals surface area contributed by atoms with E-state index >= 15 is 0 Å². The molecule has 0 bridgehead atoms. The monoisotopic (exact) mass is 261 g/mol. The van der Waals surface area contributed by atoms with Crippen molar-refractivity contribution in [2.75, 3.05) is 5.32 Å². The first-order chi connectivity index (χ1) is 9.33. The second-order valence-corrected chi connectivity index (χ2v) is 5.22. The van der Waals surface area contributed by atoms with E-state index in [1.54, 1.807) is 0 Å². The van der Waals surface area contributed by atoms with Crippen molar-refractivity contribution in [1.82, 2.24) is 19.6 Å². The Labute approximate surface area is 111 Å². The Balaban J connectivity index is 1.74. The van der Waals surface area contributed by atoms with Crippen LogP contribution in [0.1, 0.15) is 44.9 Å². The Kier molecular flexibility index (Phi) is 3.48. The van der Waals surface area contributed by atoms with Crippen molar-refractivity contribution in [1.29, 1.82) is 0 Å². The summed E-state index contributed by atoms with van der Waals surface area (Å²) in [5.74, 6) is 0.803. The van der Waals surface area contributed by atoms with E-state index in [0.29, 0.717) is 11.7 Å². The van der Waals surface area contributed by atoms with Crippen LogP contribution in [0, 0.1) is 0 Å². The number of aromatic nitrogens is 4. The van der Waals surface area contributed by atoms with Crippen molar-refractivity contribution < 1.29 is 0 Å². The topological polar surface area (TPSA) is 75.1 Å². The average Bonchev–Trinajstić information content (AvgIpc) is 2.74. The summed E-state index contributed by atoms with van der Waals surface area (Å²) in [6, 6.07) is 2.30. The molecule has 1 aliphatic rings. The molecule has 0 unspecified atom stereocenters. The Hall–Kier alpha value is -1.85. The highest BCUT2D eigenvalue weighted by molar-refractivity contribution is 5.48. The van der Waals surface area contributed by atoms with Gasteiger partial charge < -0.3 is 5.32 Å². The molecule has 1 aliphatic carbocycles. The molecule has 0 aromatic carbocycles. The van der Waals surface area contributed by atoms with Crippen molar-refractivity contribution >= 4 is 11.5 Å². The predicted molar refractivity (Wildman–Crippen MR) is 73.3 cm³/mol. The van der Waals surface area contributed by atoms with E-state index < -0.39 is 0 Å². The Morgan fingerprint density at radius 2 is 1.95 bits per heavy atom. The molecule has 0 atom stereocenters. The number of nitrogens with one attached hydrogen (secondary N) is 2. The SMILES string of the molecule is O=c1[nH]nc2cc(NC3CCCCCCC3)ncn12. The van der Waals surface area contributed by atoms with Crippen molar-refractivity contribution in [2.24, 2.45) is 0 Å². The summed E-state index contributed by atoms with van der Waals surface area (Å²) >= 11 is 0. The van der Waals surface area contributed by atoms with E-state index in [2.05, 4.69) is 20.5 Å². The van der Waals surface area contributed by atoms with Crippen molar-refractivity contribution in [3.05, 3.63) is 22.9 Å². The minimum atomic E-state index is -0.250. The number of aromatic amines is 1. The zero-order chi connectivity index (χ0) is 13.1. The van der Waals surface area contributed by atoms with Gasteiger partial charge in [-0.2, -0.15) is 5.10 Å². The standard InChI is InChI=1S/C13H19N5O/c19-13-17-16-12-8-11(14-9-18(12)13)15-10-6-4-2-1-3-5-7-10/h8-10,15H,1-7H2,(H,17,19). The zero-order valence-electron chi connectivity index (χ0n) is 10.9. The van der Waals surface area contributed by atoms with E-state index in [-0.39, 0.29) is 5.69 Å². The van der Waals surface area contributed by atoms with Crippen LogP contribution in [0.25, 0.3) is 5.65 Å². The lowest BCUT2D eigenvalue weighted by atomic mass is 9.97. The number of anilines is 1. The van der Waals surface area contributed by atoms with Crippen LogP contribution in [0.2, 0.25) is 0 Å². The van der Waals surface area contributed by atoms with Crippen LogP contribution < -0.4 is 11.0 Å². The van der Waals surface area contributed by atoms with Gasteiger partial charge in [-0.3, -0.25) is 0 Å². The highest BCUT2D eigenvalue weighted by Crippen LogP contribution is 2.20. The molecule has 1 fully saturated rings. The zero-order valence-corrected chi connectivity index (χ0v) is 10.9. The van der Waals surface area contributed by atoms with E-state index in [9.17, 15) is 4.79 Å². The molecule has 0 radical (unpaired) electrons. The summed E-state index contributed by atoms with van der Waals surface area (Å²) in [7, 11) is 0. The fourth-order valence-electron chi connectivity index (χ4n) is 2.70. The first-order valence-corrected chi connectivity index (χ1v) is 7.02. The maximum Gasteiger partial charge on any atom is 0.348 e. The van der Waals surface area contributed by atoms with Crippen LogP contribution in [0.5, 0.6) is 0 Å². The van der Waals surface area contributed by atoms with Gasteiger partial charge in [-0.1, -0.05) is 32.1 Å². The molecule has 1 saturated carbocycles. The first kappa shape index (κ1) is 12.2. The van der Waals surface area contributed by atoms with E-state index in [1.165, 1.54) is 55.7 Å². The fourth-order valence-corrected chi connectivity index (χ4v) is 2.70. The van der Waals surface area contributed by atoms with Gasteiger partial charge in [0.15, 0.2) is 5.65 Å². The quantitative estimate of drug-likeness (QED) is 0.866. The molecule has 0 spiro atoms. The molecule has 6 nitrogen and oxygen atoms in total. The molecule has 2 aromatic heterocycles. The summed E-state index contributed by atoms with van der Waals surface area (Å²) in [5, 5.41) is 9.84. The van der Waals surface area contributed by atoms with Gasteiger partial charge in [0, 0.05) is 12.1 Å². The number of hydrogen-bond acceptors (Lipinski definition) is 4. The summed E-state index contributed by atoms with van der Waals surface area (Å²) in [4.78, 5) is 15.6. The summed E-state index contributed by atoms with van der Waals surface area (Å²) in [6.45, 7) is 0. The normalized spacial score (nSPS) is 18.1. The molecule has 6 heteroatoms. The third-order valence-electron chi connectivity index (χ3n) is 3.77. The largest absolute Gasteiger partial charge is 0.367 e. The molecule has 19 heavy (non-hydrogen) atoms. The Bertz CT molecular complexity index is 594. The van der Waals surface area contributed by atoms with Crippen LogP contribution >= 0.6 is 0 Å². The summed E-state index contributed by atoms with van der Waals surface area (Å²) < 4.78 is 1.41. The second-order valence-electron chi connectivity index (χ2n) is 5.22. The van der Waals surface area contributed by atoms with E-state index in [0.717, 1.165) is 5.82 Å². The van der Waals surface area contributed by atoms with Gasteiger partial charge in [0.25, 0.3) is 0 Å². The second kappa shape index (κ2) is 5.42. The van der Waals surface area contributed by atoms with E-state index in [4.69, 9.17) is 0 Å². The molecule has 0 amide bonds. The Morgan fingerprint density at radius 3 is 2.74 bits per heavy atom. The highest BCUT2D eigenvalue weighted by atomic mass is 16.1. The van der Waals surface area contributed by atoms with Gasteiger partial charge >= 0.3 is 5.69 Å². The minimum Gasteiger partial charge on any atom is -0.367 e. The van der Waals surface area contributed by atoms with Crippen LogP contribution in [0.3, 0.4) is 0 Å². The van der Waals surface area contributed by atoms with Crippen LogP contribution in [0.15, 0.2) is 17.2 Å². The molecule has 2 heterocycles. The number of rotatable bonds is 2. The molecule has 102 valence electrons. The Morgan fingerprint density at radius 1 is 1.21 bits per heavy atom. The van der Waals surface area contributed by atoms with Gasteiger partial charge in [-0.15, -0.1) is 0 Å². The molecule has 2 N–H and O–H groups in total. The van der Waals surface area contributed by atoms with E-state index in [1.807, 2.05) is 6.07 Å². The maximum atomic E-state index is 11.3. The summed E-state index contributed by atoms with van der Waals surface area (Å²) in [5.41, 5.74) is 0.355. The third kappa shape index (κ3) is 2.77. The van der Waals surface area contributed by atoms with Crippen LogP contribution in [-0.4, -0.2) is 25.6 Å². The van der Waals surface area contributed by atoms with Gasteiger partial charge in [-0.05, 0) is 12.8 Å². The number of fused-ring (bicyclic) bond motifs is 1. The maximum absolute atomic E-state index is 11.3. The predicted octanol–water partition coefficient (Wildman–Crippen LogP) is 1.94. The fraction of sp³-hybridized carbons (Fsp3) is 0.615. The number of nitrogens with zero attached hydrogens (tertiary/aromatic N) is 3. The van der Waals surface area contributed by atoms with Crippen LogP contribution in [0.4, 0.5) is 5.82 Å². The van der Waals surface area contributed by atoms with Gasteiger partial charge in [0.1, 0.15) is 12.1 Å². The molecular formula is C13H19N5O. The van der Waals surface area contributed by atoms with Gasteiger partial charge in [0.2, 0.25) is 0 Å². The molecule has 3 rings (SSSR count). The first-order valence-electron chi connectivity index (χ1n) is 7.02. The average molecular weight is 261 g/mol. The van der Waals surface area contributed by atoms with Crippen LogP contribution in [-0.2, 0) is 0 Å². The molecule has 2 aromatic rings. The number of hydrogen-bond donors (Lipinski definition) is 2.